The molecule has 4 rings (SSSR count). The molecule has 2 aromatic heterocycles. The van der Waals surface area contributed by atoms with Crippen LogP contribution in [0.3, 0.4) is 0 Å². The first-order valence-corrected chi connectivity index (χ1v) is 11.7. The van der Waals surface area contributed by atoms with E-state index in [0.29, 0.717) is 0 Å². The van der Waals surface area contributed by atoms with Crippen LogP contribution in [-0.2, 0) is 12.8 Å². The van der Waals surface area contributed by atoms with E-state index in [2.05, 4.69) is 40.5 Å². The highest BCUT2D eigenvalue weighted by molar-refractivity contribution is 6.09. The highest BCUT2D eigenvalue weighted by Gasteiger charge is 2.19. The zero-order valence-electron chi connectivity index (χ0n) is 18.3. The molecule has 0 N–H and O–H groups in total. The van der Waals surface area contributed by atoms with Crippen LogP contribution in [0, 0.1) is 0 Å². The van der Waals surface area contributed by atoms with Gasteiger partial charge in [-0.1, -0.05) is 50.1 Å². The number of carbonyl (C=O) groups excluding carboxylic acids is 1. The summed E-state index contributed by atoms with van der Waals surface area (Å²) in [6.45, 7) is 5.91. The first-order chi connectivity index (χ1) is 14.8. The van der Waals surface area contributed by atoms with Crippen LogP contribution < -0.4 is 0 Å². The Morgan fingerprint density at radius 1 is 0.933 bits per heavy atom. The number of unbranched alkanes of at least 4 members (excludes halogenated alkanes) is 1. The maximum absolute atomic E-state index is 13.4. The van der Waals surface area contributed by atoms with Crippen LogP contribution in [0.1, 0.15) is 72.6 Å². The average Bonchev–Trinajstić information content (AvgIpc) is 3.16. The van der Waals surface area contributed by atoms with Crippen LogP contribution in [0.4, 0.5) is 0 Å². The summed E-state index contributed by atoms with van der Waals surface area (Å²) in [5, 5.41) is 0. The molecule has 1 saturated heterocycles. The van der Waals surface area contributed by atoms with E-state index in [9.17, 15) is 4.79 Å². The molecule has 0 unspecified atom stereocenters. The number of hydrogen-bond donors (Lipinski definition) is 0. The fourth-order valence-electron chi connectivity index (χ4n) is 4.64. The van der Waals surface area contributed by atoms with E-state index < -0.39 is 0 Å². The number of likely N-dealkylation sites (tertiary alicyclic amines) is 1. The molecule has 1 aromatic carbocycles. The maximum atomic E-state index is 13.4. The van der Waals surface area contributed by atoms with E-state index in [-0.39, 0.29) is 5.78 Å². The third-order valence-corrected chi connectivity index (χ3v) is 6.38. The number of aromatic nitrogens is 1. The second-order valence-corrected chi connectivity index (χ2v) is 8.65. The molecule has 30 heavy (non-hydrogen) atoms. The zero-order valence-corrected chi connectivity index (χ0v) is 18.3. The lowest BCUT2D eigenvalue weighted by Gasteiger charge is -2.26. The minimum Gasteiger partial charge on any atom is -0.313 e. The number of pyridine rings is 1. The van der Waals surface area contributed by atoms with Gasteiger partial charge in [0.15, 0.2) is 0 Å². The second-order valence-electron chi connectivity index (χ2n) is 8.65. The van der Waals surface area contributed by atoms with Crippen molar-refractivity contribution in [1.29, 1.82) is 0 Å². The summed E-state index contributed by atoms with van der Waals surface area (Å²) in [5.74, 6) is 0.132. The molecule has 3 nitrogen and oxygen atoms in total. The predicted octanol–water partition coefficient (Wildman–Crippen LogP) is 5.93. The Bertz CT molecular complexity index is 964. The highest BCUT2D eigenvalue weighted by atomic mass is 16.1. The van der Waals surface area contributed by atoms with Gasteiger partial charge in [-0.3, -0.25) is 4.79 Å². The van der Waals surface area contributed by atoms with Crippen LogP contribution in [0.15, 0.2) is 54.7 Å². The van der Waals surface area contributed by atoms with Gasteiger partial charge >= 0.3 is 0 Å². The first kappa shape index (κ1) is 20.9. The SMILES string of the molecule is CCCCc1cc2ccccn2c1C(=O)c1ccc(CCCN2CCCCC2)cc1. The number of aryl methyl sites for hydroxylation is 2. The van der Waals surface area contributed by atoms with Gasteiger partial charge < -0.3 is 9.30 Å². The van der Waals surface area contributed by atoms with Gasteiger partial charge in [0.25, 0.3) is 0 Å². The molecule has 0 amide bonds. The van der Waals surface area contributed by atoms with E-state index in [1.54, 1.807) is 0 Å². The molecule has 3 heteroatoms. The number of piperidine rings is 1. The third-order valence-electron chi connectivity index (χ3n) is 6.38. The van der Waals surface area contributed by atoms with E-state index in [4.69, 9.17) is 0 Å². The van der Waals surface area contributed by atoms with Crippen molar-refractivity contribution in [2.45, 2.75) is 58.3 Å². The lowest BCUT2D eigenvalue weighted by atomic mass is 10.00. The lowest BCUT2D eigenvalue weighted by molar-refractivity contribution is 0.103. The molecule has 0 spiro atoms. The fraction of sp³-hybridized carbons (Fsp3) is 0.444. The summed E-state index contributed by atoms with van der Waals surface area (Å²) in [6, 6.07) is 16.6. The van der Waals surface area contributed by atoms with Crippen LogP contribution in [0.5, 0.6) is 0 Å². The summed E-state index contributed by atoms with van der Waals surface area (Å²) in [7, 11) is 0. The fourth-order valence-corrected chi connectivity index (χ4v) is 4.64. The summed E-state index contributed by atoms with van der Waals surface area (Å²) < 4.78 is 2.06. The van der Waals surface area contributed by atoms with Gasteiger partial charge in [-0.15, -0.1) is 0 Å². The molecule has 1 fully saturated rings. The van der Waals surface area contributed by atoms with Gasteiger partial charge in [-0.05, 0) is 87.5 Å². The molecule has 0 radical (unpaired) electrons. The maximum Gasteiger partial charge on any atom is 0.210 e. The molecule has 1 aliphatic rings. The predicted molar refractivity (Wildman–Crippen MR) is 124 cm³/mol. The molecule has 0 atom stereocenters. The minimum atomic E-state index is 0.132. The van der Waals surface area contributed by atoms with Gasteiger partial charge in [-0.25, -0.2) is 0 Å². The minimum absolute atomic E-state index is 0.132. The Kier molecular flexibility index (Phi) is 7.01. The molecule has 3 aromatic rings. The van der Waals surface area contributed by atoms with E-state index in [1.807, 2.05) is 30.5 Å². The van der Waals surface area contributed by atoms with Gasteiger partial charge in [0, 0.05) is 17.3 Å². The Morgan fingerprint density at radius 3 is 2.50 bits per heavy atom. The number of benzene rings is 1. The van der Waals surface area contributed by atoms with E-state index >= 15 is 0 Å². The molecule has 3 heterocycles. The summed E-state index contributed by atoms with van der Waals surface area (Å²) in [4.78, 5) is 16.0. The Balaban J connectivity index is 1.45. The topological polar surface area (TPSA) is 24.7 Å². The van der Waals surface area contributed by atoms with Crippen molar-refractivity contribution in [2.75, 3.05) is 19.6 Å². The molecule has 0 bridgehead atoms. The monoisotopic (exact) mass is 402 g/mol. The van der Waals surface area contributed by atoms with Crippen molar-refractivity contribution in [2.24, 2.45) is 0 Å². The molecule has 158 valence electrons. The van der Waals surface area contributed by atoms with Crippen molar-refractivity contribution in [3.05, 3.63) is 77.1 Å². The molecule has 1 aliphatic heterocycles. The molecule has 0 aliphatic carbocycles. The van der Waals surface area contributed by atoms with Crippen LogP contribution in [-0.4, -0.2) is 34.7 Å². The largest absolute Gasteiger partial charge is 0.313 e. The van der Waals surface area contributed by atoms with Crippen molar-refractivity contribution in [3.8, 4) is 0 Å². The number of rotatable bonds is 9. The quantitative estimate of drug-likeness (QED) is 0.414. The van der Waals surface area contributed by atoms with Gasteiger partial charge in [0.2, 0.25) is 5.78 Å². The van der Waals surface area contributed by atoms with Gasteiger partial charge in [0.1, 0.15) is 0 Å². The average molecular weight is 403 g/mol. The van der Waals surface area contributed by atoms with Gasteiger partial charge in [0.05, 0.1) is 5.69 Å². The summed E-state index contributed by atoms with van der Waals surface area (Å²) in [5.41, 5.74) is 5.21. The first-order valence-electron chi connectivity index (χ1n) is 11.7. The number of fused-ring (bicyclic) bond motifs is 1. The van der Waals surface area contributed by atoms with Crippen molar-refractivity contribution in [1.82, 2.24) is 9.30 Å². The Morgan fingerprint density at radius 2 is 1.73 bits per heavy atom. The zero-order chi connectivity index (χ0) is 20.8. The highest BCUT2D eigenvalue weighted by Crippen LogP contribution is 2.22. The van der Waals surface area contributed by atoms with Crippen molar-refractivity contribution < 1.29 is 4.79 Å². The normalized spacial score (nSPS) is 15.0. The lowest BCUT2D eigenvalue weighted by Crippen LogP contribution is -2.30. The number of ketones is 1. The van der Waals surface area contributed by atoms with Crippen LogP contribution in [0.2, 0.25) is 0 Å². The van der Waals surface area contributed by atoms with Crippen LogP contribution >= 0.6 is 0 Å². The standard InChI is InChI=1S/C27H34N2O/c1-2-3-11-24-21-25-12-5-8-20-29(25)26(24)27(30)23-15-13-22(14-16-23)10-9-19-28-17-6-4-7-18-28/h5,8,12-16,20-21H,2-4,6-7,9-11,17-19H2,1H3. The second kappa shape index (κ2) is 10.1. The number of nitrogens with zero attached hydrogens (tertiary/aromatic N) is 2. The Hall–Kier alpha value is -2.39. The van der Waals surface area contributed by atoms with Crippen molar-refractivity contribution in [3.63, 3.8) is 0 Å². The van der Waals surface area contributed by atoms with Gasteiger partial charge in [-0.2, -0.15) is 0 Å². The van der Waals surface area contributed by atoms with E-state index in [1.165, 1.54) is 56.4 Å². The Labute approximate surface area is 180 Å². The summed E-state index contributed by atoms with van der Waals surface area (Å²) >= 11 is 0. The molecular weight excluding hydrogens is 368 g/mol. The van der Waals surface area contributed by atoms with Crippen molar-refractivity contribution >= 4 is 11.3 Å². The number of carbonyl (C=O) groups is 1. The number of hydrogen-bond acceptors (Lipinski definition) is 2. The summed E-state index contributed by atoms with van der Waals surface area (Å²) in [6.07, 6.45) is 11.6. The van der Waals surface area contributed by atoms with Crippen LogP contribution in [0.25, 0.3) is 5.52 Å². The van der Waals surface area contributed by atoms with E-state index in [0.717, 1.165) is 42.5 Å². The third kappa shape index (κ3) is 4.84. The molecular formula is C27H34N2O. The smallest absolute Gasteiger partial charge is 0.210 e. The molecule has 0 saturated carbocycles.